The highest BCUT2D eigenvalue weighted by Gasteiger charge is 2.19. The number of aryl methyl sites for hydroxylation is 1. The van der Waals surface area contributed by atoms with Gasteiger partial charge in [0.15, 0.2) is 11.5 Å². The van der Waals surface area contributed by atoms with Crippen molar-refractivity contribution in [3.05, 3.63) is 47.0 Å². The molecule has 1 aliphatic rings. The second kappa shape index (κ2) is 6.69. The number of pyridine rings is 1. The molecule has 0 bridgehead atoms. The quantitative estimate of drug-likeness (QED) is 0.741. The molecule has 4 rings (SSSR count). The minimum absolute atomic E-state index is 0.236. The number of halogens is 1. The fourth-order valence-electron chi connectivity index (χ4n) is 3.19. The van der Waals surface area contributed by atoms with E-state index in [0.29, 0.717) is 16.6 Å². The summed E-state index contributed by atoms with van der Waals surface area (Å²) < 4.78 is 15.7. The Balaban J connectivity index is 1.52. The largest absolute Gasteiger partial charge is 0.361 e. The SMILES string of the molecule is Cc1cn2cc(NC(=O)c3ccc(N4CCNC(C)C4)s3)cc(F)c2n1. The van der Waals surface area contributed by atoms with E-state index in [0.717, 1.165) is 30.3 Å². The Labute approximate surface area is 154 Å². The van der Waals surface area contributed by atoms with E-state index in [-0.39, 0.29) is 11.6 Å². The van der Waals surface area contributed by atoms with Gasteiger partial charge in [-0.15, -0.1) is 11.3 Å². The third kappa shape index (κ3) is 3.30. The predicted octanol–water partition coefficient (Wildman–Crippen LogP) is 2.89. The number of nitrogens with one attached hydrogen (secondary N) is 2. The minimum Gasteiger partial charge on any atom is -0.361 e. The van der Waals surface area contributed by atoms with E-state index in [2.05, 4.69) is 27.4 Å². The first-order valence-corrected chi connectivity index (χ1v) is 9.35. The molecule has 0 saturated carbocycles. The Hall–Kier alpha value is -2.45. The number of rotatable bonds is 3. The molecule has 2 N–H and O–H groups in total. The number of nitrogens with zero attached hydrogens (tertiary/aromatic N) is 3. The molecule has 1 atom stereocenters. The zero-order valence-corrected chi connectivity index (χ0v) is 15.4. The van der Waals surface area contributed by atoms with Crippen LogP contribution in [0.15, 0.2) is 30.6 Å². The summed E-state index contributed by atoms with van der Waals surface area (Å²) in [5.74, 6) is -0.697. The number of carbonyl (C=O) groups excluding carboxylic acids is 1. The molecule has 3 aromatic rings. The van der Waals surface area contributed by atoms with Gasteiger partial charge in [0.05, 0.1) is 21.3 Å². The van der Waals surface area contributed by atoms with Gasteiger partial charge in [-0.1, -0.05) is 0 Å². The lowest BCUT2D eigenvalue weighted by molar-refractivity contribution is 0.103. The first-order chi connectivity index (χ1) is 12.5. The first-order valence-electron chi connectivity index (χ1n) is 8.54. The van der Waals surface area contributed by atoms with Gasteiger partial charge in [-0.2, -0.15) is 0 Å². The van der Waals surface area contributed by atoms with Crippen molar-refractivity contribution in [1.82, 2.24) is 14.7 Å². The molecular formula is C18H20FN5OS. The third-order valence-electron chi connectivity index (χ3n) is 4.38. The van der Waals surface area contributed by atoms with E-state index < -0.39 is 5.82 Å². The van der Waals surface area contributed by atoms with Crippen molar-refractivity contribution in [2.24, 2.45) is 0 Å². The van der Waals surface area contributed by atoms with E-state index in [4.69, 9.17) is 0 Å². The highest BCUT2D eigenvalue weighted by atomic mass is 32.1. The molecule has 6 nitrogen and oxygen atoms in total. The molecule has 0 spiro atoms. The van der Waals surface area contributed by atoms with E-state index in [1.165, 1.54) is 17.4 Å². The summed E-state index contributed by atoms with van der Waals surface area (Å²) in [5, 5.41) is 7.26. The highest BCUT2D eigenvalue weighted by molar-refractivity contribution is 7.18. The number of hydrogen-bond donors (Lipinski definition) is 2. The van der Waals surface area contributed by atoms with Crippen molar-refractivity contribution in [1.29, 1.82) is 0 Å². The molecule has 8 heteroatoms. The zero-order valence-electron chi connectivity index (χ0n) is 14.6. The topological polar surface area (TPSA) is 61.7 Å². The van der Waals surface area contributed by atoms with Gasteiger partial charge in [0.25, 0.3) is 5.91 Å². The van der Waals surface area contributed by atoms with Gasteiger partial charge < -0.3 is 19.9 Å². The standard InChI is InChI=1S/C18H20FN5OS/c1-11-8-23(6-5-20-11)16-4-3-15(26-16)18(25)22-13-7-14(19)17-21-12(2)9-24(17)10-13/h3-4,7,9-11,20H,5-6,8H2,1-2H3,(H,22,25). The first kappa shape index (κ1) is 17.0. The van der Waals surface area contributed by atoms with Gasteiger partial charge in [-0.25, -0.2) is 9.37 Å². The van der Waals surface area contributed by atoms with Crippen LogP contribution in [0.4, 0.5) is 15.1 Å². The van der Waals surface area contributed by atoms with E-state index in [1.807, 2.05) is 12.1 Å². The van der Waals surface area contributed by atoms with Crippen molar-refractivity contribution in [2.45, 2.75) is 19.9 Å². The van der Waals surface area contributed by atoms with Crippen LogP contribution in [0.1, 0.15) is 22.3 Å². The molecule has 136 valence electrons. The summed E-state index contributed by atoms with van der Waals surface area (Å²) in [6.45, 7) is 6.73. The summed E-state index contributed by atoms with van der Waals surface area (Å²) in [6, 6.07) is 5.52. The lowest BCUT2D eigenvalue weighted by Gasteiger charge is -2.32. The fourth-order valence-corrected chi connectivity index (χ4v) is 4.13. The van der Waals surface area contributed by atoms with Gasteiger partial charge >= 0.3 is 0 Å². The Morgan fingerprint density at radius 3 is 3.08 bits per heavy atom. The molecular weight excluding hydrogens is 353 g/mol. The summed E-state index contributed by atoms with van der Waals surface area (Å²) in [6.07, 6.45) is 3.39. The van der Waals surface area contributed by atoms with Crippen LogP contribution in [0.2, 0.25) is 0 Å². The van der Waals surface area contributed by atoms with Crippen LogP contribution in [0.3, 0.4) is 0 Å². The Morgan fingerprint density at radius 2 is 2.27 bits per heavy atom. The summed E-state index contributed by atoms with van der Waals surface area (Å²) >= 11 is 1.45. The van der Waals surface area contributed by atoms with Crippen molar-refractivity contribution in [3.8, 4) is 0 Å². The van der Waals surface area contributed by atoms with E-state index >= 15 is 0 Å². The van der Waals surface area contributed by atoms with Crippen LogP contribution in [0.25, 0.3) is 5.65 Å². The molecule has 0 radical (unpaired) electrons. The maximum absolute atomic E-state index is 14.2. The van der Waals surface area contributed by atoms with Gasteiger partial charge in [-0.05, 0) is 26.0 Å². The Bertz CT molecular complexity index is 966. The maximum atomic E-state index is 14.2. The normalized spacial score (nSPS) is 17.7. The predicted molar refractivity (Wildman–Crippen MR) is 102 cm³/mol. The summed E-state index contributed by atoms with van der Waals surface area (Å²) in [4.78, 5) is 19.6. The molecule has 0 aromatic carbocycles. The number of anilines is 2. The number of carbonyl (C=O) groups is 1. The molecule has 1 aliphatic heterocycles. The molecule has 3 aromatic heterocycles. The molecule has 1 amide bonds. The smallest absolute Gasteiger partial charge is 0.265 e. The molecule has 1 unspecified atom stereocenters. The second-order valence-electron chi connectivity index (χ2n) is 6.58. The summed E-state index contributed by atoms with van der Waals surface area (Å²) in [5.41, 5.74) is 1.38. The number of hydrogen-bond acceptors (Lipinski definition) is 5. The van der Waals surface area contributed by atoms with Crippen LogP contribution in [-0.2, 0) is 0 Å². The van der Waals surface area contributed by atoms with Gasteiger partial charge in [0, 0.05) is 44.1 Å². The molecule has 4 heterocycles. The van der Waals surface area contributed by atoms with Crippen LogP contribution in [0, 0.1) is 12.7 Å². The number of amides is 1. The lowest BCUT2D eigenvalue weighted by atomic mass is 10.2. The van der Waals surface area contributed by atoms with Crippen LogP contribution in [0.5, 0.6) is 0 Å². The maximum Gasteiger partial charge on any atom is 0.265 e. The fraction of sp³-hybridized carbons (Fsp3) is 0.333. The molecule has 0 aliphatic carbocycles. The van der Waals surface area contributed by atoms with Crippen molar-refractivity contribution < 1.29 is 9.18 Å². The Kier molecular flexibility index (Phi) is 4.37. The summed E-state index contributed by atoms with van der Waals surface area (Å²) in [7, 11) is 0. The van der Waals surface area contributed by atoms with Gasteiger partial charge in [0.1, 0.15) is 0 Å². The number of fused-ring (bicyclic) bond motifs is 1. The van der Waals surface area contributed by atoms with Gasteiger partial charge in [0.2, 0.25) is 0 Å². The van der Waals surface area contributed by atoms with Crippen LogP contribution in [-0.4, -0.2) is 41.0 Å². The van der Waals surface area contributed by atoms with Crippen LogP contribution < -0.4 is 15.5 Å². The average Bonchev–Trinajstić information content (AvgIpc) is 3.21. The van der Waals surface area contributed by atoms with Gasteiger partial charge in [-0.3, -0.25) is 4.79 Å². The van der Waals surface area contributed by atoms with E-state index in [9.17, 15) is 9.18 Å². The number of thiophene rings is 1. The van der Waals surface area contributed by atoms with Crippen LogP contribution >= 0.6 is 11.3 Å². The molecule has 1 saturated heterocycles. The van der Waals surface area contributed by atoms with Crippen molar-refractivity contribution in [2.75, 3.05) is 29.9 Å². The molecule has 1 fully saturated rings. The monoisotopic (exact) mass is 373 g/mol. The Morgan fingerprint density at radius 1 is 1.42 bits per heavy atom. The average molecular weight is 373 g/mol. The number of aromatic nitrogens is 2. The van der Waals surface area contributed by atoms with Crippen molar-refractivity contribution in [3.63, 3.8) is 0 Å². The highest BCUT2D eigenvalue weighted by Crippen LogP contribution is 2.28. The zero-order chi connectivity index (χ0) is 18.3. The lowest BCUT2D eigenvalue weighted by Crippen LogP contribution is -2.49. The second-order valence-corrected chi connectivity index (χ2v) is 7.65. The number of piperazine rings is 1. The minimum atomic E-state index is -0.461. The third-order valence-corrected chi connectivity index (χ3v) is 5.53. The van der Waals surface area contributed by atoms with Crippen molar-refractivity contribution >= 4 is 33.6 Å². The molecule has 26 heavy (non-hydrogen) atoms. The number of imidazole rings is 1. The van der Waals surface area contributed by atoms with E-state index in [1.54, 1.807) is 23.7 Å².